The Morgan fingerprint density at radius 3 is 3.22 bits per heavy atom. The van der Waals surface area contributed by atoms with Gasteiger partial charge in [-0.25, -0.2) is 0 Å². The molecule has 1 aliphatic rings. The highest BCUT2D eigenvalue weighted by molar-refractivity contribution is 4.91. The van der Waals surface area contributed by atoms with E-state index in [1.54, 1.807) is 0 Å². The van der Waals surface area contributed by atoms with Crippen LogP contribution >= 0.6 is 0 Å². The minimum atomic E-state index is 0.588. The van der Waals surface area contributed by atoms with Gasteiger partial charge in [0.2, 0.25) is 0 Å². The first-order chi connectivity index (χ1) is 4.39. The lowest BCUT2D eigenvalue weighted by atomic mass is 10.1. The van der Waals surface area contributed by atoms with Gasteiger partial charge in [-0.05, 0) is 32.7 Å². The largest absolute Gasteiger partial charge is 0.311 e. The summed E-state index contributed by atoms with van der Waals surface area (Å²) < 4.78 is 0. The quantitative estimate of drug-likeness (QED) is 0.486. The molecule has 1 heterocycles. The maximum absolute atomic E-state index is 3.40. The van der Waals surface area contributed by atoms with E-state index in [1.807, 2.05) is 0 Å². The molecule has 1 nitrogen and oxygen atoms in total. The van der Waals surface area contributed by atoms with E-state index >= 15 is 0 Å². The highest BCUT2D eigenvalue weighted by Crippen LogP contribution is 2.00. The van der Waals surface area contributed by atoms with Crippen LogP contribution < -0.4 is 5.32 Å². The van der Waals surface area contributed by atoms with Gasteiger partial charge in [0.05, 0.1) is 0 Å². The van der Waals surface area contributed by atoms with Crippen molar-refractivity contribution in [2.75, 3.05) is 6.54 Å². The van der Waals surface area contributed by atoms with E-state index in [9.17, 15) is 0 Å². The van der Waals surface area contributed by atoms with Gasteiger partial charge in [0.15, 0.2) is 0 Å². The summed E-state index contributed by atoms with van der Waals surface area (Å²) in [4.78, 5) is 0. The molecule has 0 radical (unpaired) electrons. The number of hydrogen-bond donors (Lipinski definition) is 1. The van der Waals surface area contributed by atoms with Gasteiger partial charge in [-0.2, -0.15) is 0 Å². The van der Waals surface area contributed by atoms with Crippen LogP contribution in [-0.2, 0) is 0 Å². The molecule has 0 aromatic carbocycles. The topological polar surface area (TPSA) is 12.0 Å². The van der Waals surface area contributed by atoms with Crippen LogP contribution in [-0.4, -0.2) is 12.6 Å². The fraction of sp³-hybridized carbons (Fsp3) is 0.750. The molecule has 0 bridgehead atoms. The Morgan fingerprint density at radius 2 is 2.33 bits per heavy atom. The zero-order valence-electron chi connectivity index (χ0n) is 6.06. The molecule has 1 atom stereocenters. The second kappa shape index (κ2) is 3.67. The van der Waals surface area contributed by atoms with Gasteiger partial charge in [0.25, 0.3) is 0 Å². The molecule has 1 unspecified atom stereocenters. The molecule has 9 heavy (non-hydrogen) atoms. The highest BCUT2D eigenvalue weighted by atomic mass is 14.9. The maximum atomic E-state index is 3.40. The monoisotopic (exact) mass is 125 g/mol. The molecule has 1 heteroatoms. The summed E-state index contributed by atoms with van der Waals surface area (Å²) in [6.07, 6.45) is 8.47. The third-order valence-corrected chi connectivity index (χ3v) is 1.69. The molecule has 1 N–H and O–H groups in total. The maximum Gasteiger partial charge on any atom is 0.0221 e. The molecule has 1 aliphatic heterocycles. The van der Waals surface area contributed by atoms with Crippen molar-refractivity contribution in [1.82, 2.24) is 5.32 Å². The van der Waals surface area contributed by atoms with Crippen molar-refractivity contribution >= 4 is 0 Å². The molecule has 0 amide bonds. The Kier molecular flexibility index (Phi) is 2.78. The standard InChI is InChI=1S/C8H15N/c1-8-6-4-2-3-5-7-9-8/h4,6,8-9H,2-3,5,7H2,1H3/b6-4+. The fourth-order valence-electron chi connectivity index (χ4n) is 1.09. The van der Waals surface area contributed by atoms with E-state index in [0.717, 1.165) is 0 Å². The summed E-state index contributed by atoms with van der Waals surface area (Å²) in [5.74, 6) is 0. The third-order valence-electron chi connectivity index (χ3n) is 1.69. The Balaban J connectivity index is 2.30. The van der Waals surface area contributed by atoms with Crippen LogP contribution in [0.25, 0.3) is 0 Å². The molecule has 0 aromatic rings. The predicted octanol–water partition coefficient (Wildman–Crippen LogP) is 1.70. The summed E-state index contributed by atoms with van der Waals surface area (Å²) in [7, 11) is 0. The molecule has 0 aliphatic carbocycles. The lowest BCUT2D eigenvalue weighted by Gasteiger charge is -2.11. The van der Waals surface area contributed by atoms with Crippen molar-refractivity contribution in [3.63, 3.8) is 0 Å². The van der Waals surface area contributed by atoms with Crippen molar-refractivity contribution in [3.05, 3.63) is 12.2 Å². The van der Waals surface area contributed by atoms with Gasteiger partial charge in [0.1, 0.15) is 0 Å². The van der Waals surface area contributed by atoms with Gasteiger partial charge in [0, 0.05) is 6.04 Å². The SMILES string of the molecule is CC1/C=C/CCCCN1. The van der Waals surface area contributed by atoms with Crippen molar-refractivity contribution in [1.29, 1.82) is 0 Å². The van der Waals surface area contributed by atoms with Gasteiger partial charge in [-0.15, -0.1) is 0 Å². The van der Waals surface area contributed by atoms with Crippen LogP contribution in [0.1, 0.15) is 26.2 Å². The van der Waals surface area contributed by atoms with Crippen molar-refractivity contribution in [2.45, 2.75) is 32.2 Å². The van der Waals surface area contributed by atoms with E-state index < -0.39 is 0 Å². The second-order valence-electron chi connectivity index (χ2n) is 2.67. The minimum Gasteiger partial charge on any atom is -0.311 e. The van der Waals surface area contributed by atoms with Gasteiger partial charge in [-0.1, -0.05) is 12.2 Å². The smallest absolute Gasteiger partial charge is 0.0221 e. The van der Waals surface area contributed by atoms with E-state index in [2.05, 4.69) is 24.4 Å². The van der Waals surface area contributed by atoms with Crippen molar-refractivity contribution in [2.24, 2.45) is 0 Å². The summed E-state index contributed by atoms with van der Waals surface area (Å²) in [5.41, 5.74) is 0. The second-order valence-corrected chi connectivity index (χ2v) is 2.67. The van der Waals surface area contributed by atoms with E-state index in [0.29, 0.717) is 6.04 Å². The van der Waals surface area contributed by atoms with Crippen molar-refractivity contribution in [3.8, 4) is 0 Å². The predicted molar refractivity (Wildman–Crippen MR) is 40.5 cm³/mol. The first-order valence-corrected chi connectivity index (χ1v) is 3.79. The lowest BCUT2D eigenvalue weighted by molar-refractivity contribution is 0.576. The number of allylic oxidation sites excluding steroid dienone is 1. The lowest BCUT2D eigenvalue weighted by Crippen LogP contribution is -2.25. The molecule has 52 valence electrons. The van der Waals surface area contributed by atoms with E-state index in [-0.39, 0.29) is 0 Å². The van der Waals surface area contributed by atoms with E-state index in [1.165, 1.54) is 25.8 Å². The first kappa shape index (κ1) is 6.81. The molecular weight excluding hydrogens is 110 g/mol. The zero-order chi connectivity index (χ0) is 6.53. The summed E-state index contributed by atoms with van der Waals surface area (Å²) >= 11 is 0. The normalized spacial score (nSPS) is 32.8. The third kappa shape index (κ3) is 2.66. The van der Waals surface area contributed by atoms with Crippen LogP contribution in [0.5, 0.6) is 0 Å². The van der Waals surface area contributed by atoms with Crippen molar-refractivity contribution < 1.29 is 0 Å². The highest BCUT2D eigenvalue weighted by Gasteiger charge is 1.96. The Morgan fingerprint density at radius 1 is 1.44 bits per heavy atom. The molecule has 0 fully saturated rings. The number of rotatable bonds is 0. The summed E-state index contributed by atoms with van der Waals surface area (Å²) in [5, 5.41) is 3.40. The van der Waals surface area contributed by atoms with Crippen LogP contribution in [0, 0.1) is 0 Å². The molecule has 0 aromatic heterocycles. The Labute approximate surface area is 57.1 Å². The molecule has 0 saturated carbocycles. The zero-order valence-corrected chi connectivity index (χ0v) is 6.06. The average molecular weight is 125 g/mol. The van der Waals surface area contributed by atoms with Crippen LogP contribution in [0.4, 0.5) is 0 Å². The van der Waals surface area contributed by atoms with Gasteiger partial charge >= 0.3 is 0 Å². The fourth-order valence-corrected chi connectivity index (χ4v) is 1.09. The molecule has 0 saturated heterocycles. The van der Waals surface area contributed by atoms with Crippen LogP contribution in [0.2, 0.25) is 0 Å². The number of nitrogens with one attached hydrogen (secondary N) is 1. The summed E-state index contributed by atoms with van der Waals surface area (Å²) in [6, 6.07) is 0.588. The summed E-state index contributed by atoms with van der Waals surface area (Å²) in [6.45, 7) is 3.38. The Hall–Kier alpha value is -0.300. The molecule has 0 spiro atoms. The Bertz CT molecular complexity index is 96.7. The van der Waals surface area contributed by atoms with Gasteiger partial charge in [-0.3, -0.25) is 0 Å². The van der Waals surface area contributed by atoms with Gasteiger partial charge < -0.3 is 5.32 Å². The molecular formula is C8H15N. The number of hydrogen-bond acceptors (Lipinski definition) is 1. The van der Waals surface area contributed by atoms with Crippen LogP contribution in [0.3, 0.4) is 0 Å². The average Bonchev–Trinajstić information content (AvgIpc) is 1.79. The van der Waals surface area contributed by atoms with E-state index in [4.69, 9.17) is 0 Å². The van der Waals surface area contributed by atoms with Crippen LogP contribution in [0.15, 0.2) is 12.2 Å². The minimum absolute atomic E-state index is 0.588. The first-order valence-electron chi connectivity index (χ1n) is 3.79. The molecule has 1 rings (SSSR count).